The van der Waals surface area contributed by atoms with Gasteiger partial charge in [0.1, 0.15) is 0 Å². The quantitative estimate of drug-likeness (QED) is 0.0431. The molecule has 0 aliphatic heterocycles. The second kappa shape index (κ2) is 24.9. The van der Waals surface area contributed by atoms with Crippen molar-refractivity contribution in [1.29, 1.82) is 0 Å². The summed E-state index contributed by atoms with van der Waals surface area (Å²) >= 11 is 7.99. The topological polar surface area (TPSA) is 0 Å². The zero-order valence-corrected chi connectivity index (χ0v) is 42.0. The van der Waals surface area contributed by atoms with Gasteiger partial charge in [-0.1, -0.05) is 197 Å². The molecule has 0 saturated carbocycles. The van der Waals surface area contributed by atoms with Gasteiger partial charge in [-0.2, -0.15) is 0 Å². The lowest BCUT2D eigenvalue weighted by Crippen LogP contribution is -2.18. The van der Waals surface area contributed by atoms with Crippen molar-refractivity contribution < 1.29 is 0 Å². The molecular weight excluding hydrogens is 813 g/mol. The third kappa shape index (κ3) is 14.1. The van der Waals surface area contributed by atoms with Crippen molar-refractivity contribution in [1.82, 2.24) is 0 Å². The summed E-state index contributed by atoms with van der Waals surface area (Å²) in [5, 5.41) is 0. The molecule has 0 N–H and O–H groups in total. The van der Waals surface area contributed by atoms with Crippen molar-refractivity contribution >= 4 is 45.3 Å². The number of aryl methyl sites for hydroxylation is 4. The molecule has 0 bridgehead atoms. The molecule has 0 aliphatic rings. The molecule has 328 valence electrons. The normalized spacial score (nSPS) is 11.9. The van der Waals surface area contributed by atoms with Gasteiger partial charge < -0.3 is 0 Å². The lowest BCUT2D eigenvalue weighted by molar-refractivity contribution is 0.556. The van der Waals surface area contributed by atoms with Gasteiger partial charge in [0.15, 0.2) is 0 Å². The summed E-state index contributed by atoms with van der Waals surface area (Å²) in [5.41, 5.74) is 8.44. The predicted octanol–water partition coefficient (Wildman–Crippen LogP) is 20.5. The number of hydrogen-bond acceptors (Lipinski definition) is 4. The van der Waals surface area contributed by atoms with Crippen LogP contribution in [-0.2, 0) is 18.3 Å². The maximum Gasteiger partial charge on any atom is 0.0481 e. The molecule has 0 fully saturated rings. The van der Waals surface area contributed by atoms with E-state index in [1.807, 2.05) is 45.3 Å². The van der Waals surface area contributed by atoms with E-state index in [1.165, 1.54) is 202 Å². The highest BCUT2D eigenvalue weighted by molar-refractivity contribution is 7.29. The van der Waals surface area contributed by atoms with E-state index < -0.39 is 0 Å². The van der Waals surface area contributed by atoms with Crippen LogP contribution >= 0.6 is 45.3 Å². The van der Waals surface area contributed by atoms with E-state index in [4.69, 9.17) is 0 Å². The summed E-state index contributed by atoms with van der Waals surface area (Å²) in [6.07, 6.45) is 30.1. The van der Waals surface area contributed by atoms with Crippen LogP contribution in [0.5, 0.6) is 0 Å². The van der Waals surface area contributed by atoms with Gasteiger partial charge >= 0.3 is 0 Å². The minimum absolute atomic E-state index is 0.0426. The molecule has 6 rings (SSSR count). The van der Waals surface area contributed by atoms with Gasteiger partial charge in [0.05, 0.1) is 0 Å². The highest BCUT2D eigenvalue weighted by atomic mass is 32.1. The molecule has 4 heteroatoms. The Hall–Kier alpha value is -2.76. The Kier molecular flexibility index (Phi) is 19.5. The van der Waals surface area contributed by atoms with E-state index >= 15 is 0 Å². The lowest BCUT2D eigenvalue weighted by atomic mass is 9.78. The van der Waals surface area contributed by atoms with Crippen LogP contribution in [0, 0.1) is 13.8 Å². The minimum Gasteiger partial charge on any atom is -0.139 e. The van der Waals surface area contributed by atoms with Crippen molar-refractivity contribution in [2.75, 3.05) is 0 Å². The Morgan fingerprint density at radius 3 is 1.25 bits per heavy atom. The van der Waals surface area contributed by atoms with E-state index in [-0.39, 0.29) is 5.41 Å². The summed E-state index contributed by atoms with van der Waals surface area (Å²) in [6, 6.07) is 33.1. The van der Waals surface area contributed by atoms with E-state index in [1.54, 1.807) is 5.56 Å². The molecule has 4 aromatic heterocycles. The number of thiophene rings is 4. The molecule has 0 unspecified atom stereocenters. The smallest absolute Gasteiger partial charge is 0.0481 e. The van der Waals surface area contributed by atoms with E-state index in [9.17, 15) is 0 Å². The first-order valence-corrected chi connectivity index (χ1v) is 27.6. The molecule has 2 aromatic carbocycles. The van der Waals surface area contributed by atoms with Crippen LogP contribution in [0.1, 0.15) is 189 Å². The van der Waals surface area contributed by atoms with Gasteiger partial charge in [-0.05, 0) is 104 Å². The highest BCUT2D eigenvalue weighted by Gasteiger charge is 2.23. The summed E-state index contributed by atoms with van der Waals surface area (Å²) in [7, 11) is 0. The summed E-state index contributed by atoms with van der Waals surface area (Å²) in [5.74, 6) is 0. The Morgan fingerprint density at radius 1 is 0.377 bits per heavy atom. The second-order valence-corrected chi connectivity index (χ2v) is 22.9. The van der Waals surface area contributed by atoms with Gasteiger partial charge in [-0.3, -0.25) is 0 Å². The first-order chi connectivity index (χ1) is 29.8. The molecule has 61 heavy (non-hydrogen) atoms. The molecule has 4 heterocycles. The maximum absolute atomic E-state index is 2.53. The van der Waals surface area contributed by atoms with Gasteiger partial charge in [-0.25, -0.2) is 0 Å². The number of unbranched alkanes of at least 4 members (excludes halogenated alkanes) is 18. The fourth-order valence-corrected chi connectivity index (χ4v) is 13.6. The number of rotatable bonds is 28. The zero-order valence-electron chi connectivity index (χ0n) is 38.8. The Bertz CT molecular complexity index is 2130. The number of benzene rings is 2. The van der Waals surface area contributed by atoms with Crippen LogP contribution in [0.15, 0.2) is 84.9 Å². The third-order valence-corrected chi connectivity index (χ3v) is 18.0. The van der Waals surface area contributed by atoms with Crippen molar-refractivity contribution in [3.05, 3.63) is 118 Å². The van der Waals surface area contributed by atoms with Crippen molar-refractivity contribution in [2.24, 2.45) is 0 Å². The maximum atomic E-state index is 2.53. The molecular formula is C57H76S4. The summed E-state index contributed by atoms with van der Waals surface area (Å²) in [4.78, 5) is 11.5. The molecule has 0 radical (unpaired) electrons. The summed E-state index contributed by atoms with van der Waals surface area (Å²) in [6.45, 7) is 13.8. The predicted molar refractivity (Wildman–Crippen MR) is 279 cm³/mol. The van der Waals surface area contributed by atoms with Crippen LogP contribution < -0.4 is 0 Å². The minimum atomic E-state index is -0.0426. The van der Waals surface area contributed by atoms with Crippen LogP contribution in [0.4, 0.5) is 0 Å². The monoisotopic (exact) mass is 888 g/mol. The first-order valence-electron chi connectivity index (χ1n) is 24.4. The van der Waals surface area contributed by atoms with E-state index in [2.05, 4.69) is 126 Å². The average molecular weight is 890 g/mol. The van der Waals surface area contributed by atoms with Crippen LogP contribution in [0.25, 0.3) is 39.7 Å². The molecule has 0 nitrogen and oxygen atoms in total. The molecule has 0 spiro atoms. The highest BCUT2D eigenvalue weighted by Crippen LogP contribution is 2.47. The SMILES string of the molecule is CCCCCCCCCCCCc1cc(C)sc1-c1ccc(-c2ccc(-c3sc(-c4ccc(C(C)(C)c5ccc(C)cc5)cc4)cc3CCCCCCCCCCCC)s2)s1. The van der Waals surface area contributed by atoms with E-state index in [0.717, 1.165) is 6.42 Å². The van der Waals surface area contributed by atoms with Crippen LogP contribution in [-0.4, -0.2) is 0 Å². The lowest BCUT2D eigenvalue weighted by Gasteiger charge is -2.26. The Morgan fingerprint density at radius 2 is 0.770 bits per heavy atom. The largest absolute Gasteiger partial charge is 0.139 e. The van der Waals surface area contributed by atoms with Gasteiger partial charge in [0.25, 0.3) is 0 Å². The van der Waals surface area contributed by atoms with Crippen LogP contribution in [0.3, 0.4) is 0 Å². The van der Waals surface area contributed by atoms with Crippen molar-refractivity contribution in [3.63, 3.8) is 0 Å². The summed E-state index contributed by atoms with van der Waals surface area (Å²) < 4.78 is 0. The fourth-order valence-electron chi connectivity index (χ4n) is 8.90. The van der Waals surface area contributed by atoms with Gasteiger partial charge in [-0.15, -0.1) is 45.3 Å². The third-order valence-electron chi connectivity index (χ3n) is 12.9. The molecule has 0 amide bonds. The Balaban J connectivity index is 1.12. The fraction of sp³-hybridized carbons (Fsp3) is 0.509. The molecule has 0 aliphatic carbocycles. The second-order valence-electron chi connectivity index (χ2n) is 18.4. The van der Waals surface area contributed by atoms with Gasteiger partial charge in [0, 0.05) is 44.4 Å². The van der Waals surface area contributed by atoms with Crippen molar-refractivity contribution in [2.45, 2.75) is 188 Å². The van der Waals surface area contributed by atoms with Crippen molar-refractivity contribution in [3.8, 4) is 39.7 Å². The van der Waals surface area contributed by atoms with Gasteiger partial charge in [0.2, 0.25) is 0 Å². The first kappa shape index (κ1) is 47.7. The number of hydrogen-bond donors (Lipinski definition) is 0. The standard InChI is InChI=1S/C57H76S4/c1-7-9-11-13-15-17-19-21-23-25-27-46-41-44(4)58-55(46)52-39-37-50(59-52)51-38-40-53(60-51)56-47(28-26-24-22-20-18-16-14-12-10-8-2)42-54(61-56)45-31-35-49(36-32-45)57(5,6)48-33-29-43(3)30-34-48/h29-42H,7-28H2,1-6H3. The zero-order chi connectivity index (χ0) is 42.9. The molecule has 0 saturated heterocycles. The van der Waals surface area contributed by atoms with Crippen LogP contribution in [0.2, 0.25) is 0 Å². The molecule has 6 aromatic rings. The average Bonchev–Trinajstić information content (AvgIpc) is 4.09. The molecule has 0 atom stereocenters. The van der Waals surface area contributed by atoms with E-state index in [0.29, 0.717) is 0 Å². The Labute approximate surface area is 388 Å².